The Hall–Kier alpha value is -2.46. The number of rotatable bonds is 7. The van der Waals surface area contributed by atoms with E-state index in [1.54, 1.807) is 12.0 Å². The van der Waals surface area contributed by atoms with Crippen LogP contribution in [0.1, 0.15) is 31.7 Å². The first-order chi connectivity index (χ1) is 12.5. The van der Waals surface area contributed by atoms with Crippen molar-refractivity contribution >= 4 is 23.6 Å². The molecular formula is C19H23N3O3S. The van der Waals surface area contributed by atoms with Gasteiger partial charge in [0.15, 0.2) is 0 Å². The van der Waals surface area contributed by atoms with Crippen molar-refractivity contribution in [1.82, 2.24) is 10.2 Å². The molecule has 1 aliphatic heterocycles. The molecule has 1 heterocycles. The third-order valence-corrected chi connectivity index (χ3v) is 5.33. The molecule has 0 aromatic heterocycles. The molecule has 0 spiro atoms. The summed E-state index contributed by atoms with van der Waals surface area (Å²) in [5, 5.41) is 12.9. The minimum Gasteiger partial charge on any atom is -0.497 e. The van der Waals surface area contributed by atoms with Crippen LogP contribution < -0.4 is 10.1 Å². The SMILES string of the molecule is CCN(CC)C(=O)CSC1=C(C#N)[C@H](c2ccc(OC)cc2)CC(=O)N1. The number of nitrogens with one attached hydrogen (secondary N) is 1. The molecule has 26 heavy (non-hydrogen) atoms. The summed E-state index contributed by atoms with van der Waals surface area (Å²) in [6, 6.07) is 9.57. The third kappa shape index (κ3) is 4.58. The number of thioether (sulfide) groups is 1. The van der Waals surface area contributed by atoms with Crippen LogP contribution in [0.3, 0.4) is 0 Å². The number of benzene rings is 1. The topological polar surface area (TPSA) is 82.4 Å². The molecule has 2 amide bonds. The highest BCUT2D eigenvalue weighted by Gasteiger charge is 2.30. The average Bonchev–Trinajstić information content (AvgIpc) is 2.66. The molecule has 6 nitrogen and oxygen atoms in total. The van der Waals surface area contributed by atoms with Crippen LogP contribution in [0.15, 0.2) is 34.9 Å². The minimum atomic E-state index is -0.314. The first kappa shape index (κ1) is 19.9. The second-order valence-corrected chi connectivity index (χ2v) is 6.77. The molecule has 0 bridgehead atoms. The Balaban J connectivity index is 2.24. The largest absolute Gasteiger partial charge is 0.497 e. The molecule has 0 aliphatic carbocycles. The number of amides is 2. The van der Waals surface area contributed by atoms with Gasteiger partial charge in [-0.25, -0.2) is 0 Å². The molecule has 0 unspecified atom stereocenters. The van der Waals surface area contributed by atoms with Gasteiger partial charge < -0.3 is 15.0 Å². The molecular weight excluding hydrogens is 350 g/mol. The van der Waals surface area contributed by atoms with Crippen molar-refractivity contribution in [2.75, 3.05) is 26.0 Å². The quantitative estimate of drug-likeness (QED) is 0.794. The Bertz CT molecular complexity index is 733. The molecule has 1 aromatic rings. The Morgan fingerprint density at radius 2 is 2.00 bits per heavy atom. The molecule has 138 valence electrons. The Morgan fingerprint density at radius 1 is 1.35 bits per heavy atom. The Labute approximate surface area is 158 Å². The lowest BCUT2D eigenvalue weighted by Crippen LogP contribution is -2.34. The van der Waals surface area contributed by atoms with Crippen molar-refractivity contribution in [3.05, 3.63) is 40.4 Å². The van der Waals surface area contributed by atoms with Gasteiger partial charge in [0, 0.05) is 25.4 Å². The lowest BCUT2D eigenvalue weighted by atomic mass is 9.87. The summed E-state index contributed by atoms with van der Waals surface area (Å²) in [5.41, 5.74) is 1.37. The van der Waals surface area contributed by atoms with E-state index in [9.17, 15) is 14.9 Å². The highest BCUT2D eigenvalue weighted by Crippen LogP contribution is 2.36. The predicted octanol–water partition coefficient (Wildman–Crippen LogP) is 2.64. The van der Waals surface area contributed by atoms with E-state index in [4.69, 9.17) is 4.74 Å². The van der Waals surface area contributed by atoms with E-state index >= 15 is 0 Å². The highest BCUT2D eigenvalue weighted by atomic mass is 32.2. The zero-order chi connectivity index (χ0) is 19.1. The van der Waals surface area contributed by atoms with E-state index in [1.165, 1.54) is 11.8 Å². The summed E-state index contributed by atoms with van der Waals surface area (Å²) < 4.78 is 5.16. The number of carbonyl (C=O) groups excluding carboxylic acids is 2. The second-order valence-electron chi connectivity index (χ2n) is 5.79. The van der Waals surface area contributed by atoms with Crippen LogP contribution >= 0.6 is 11.8 Å². The third-order valence-electron chi connectivity index (χ3n) is 4.33. The van der Waals surface area contributed by atoms with E-state index in [0.717, 1.165) is 11.3 Å². The monoisotopic (exact) mass is 373 g/mol. The van der Waals surface area contributed by atoms with Crippen LogP contribution in [0, 0.1) is 11.3 Å². The summed E-state index contributed by atoms with van der Waals surface area (Å²) in [6.45, 7) is 5.13. The fourth-order valence-corrected chi connectivity index (χ4v) is 3.84. The van der Waals surface area contributed by atoms with Crippen LogP contribution in [-0.2, 0) is 9.59 Å². The Morgan fingerprint density at radius 3 is 2.54 bits per heavy atom. The molecule has 1 atom stereocenters. The van der Waals surface area contributed by atoms with Gasteiger partial charge in [0.1, 0.15) is 5.75 Å². The van der Waals surface area contributed by atoms with E-state index in [2.05, 4.69) is 11.4 Å². The molecule has 1 aliphatic rings. The van der Waals surface area contributed by atoms with Gasteiger partial charge in [0.25, 0.3) is 0 Å². The molecule has 0 saturated heterocycles. The number of hydrogen-bond acceptors (Lipinski definition) is 5. The molecule has 0 radical (unpaired) electrons. The van der Waals surface area contributed by atoms with Crippen LogP contribution in [-0.4, -0.2) is 42.7 Å². The predicted molar refractivity (Wildman–Crippen MR) is 102 cm³/mol. The molecule has 1 N–H and O–H groups in total. The van der Waals surface area contributed by atoms with E-state index in [1.807, 2.05) is 38.1 Å². The van der Waals surface area contributed by atoms with Crippen LogP contribution in [0.25, 0.3) is 0 Å². The van der Waals surface area contributed by atoms with E-state index in [0.29, 0.717) is 23.7 Å². The number of nitriles is 1. The molecule has 1 aromatic carbocycles. The highest BCUT2D eigenvalue weighted by molar-refractivity contribution is 8.03. The van der Waals surface area contributed by atoms with Crippen molar-refractivity contribution in [2.45, 2.75) is 26.2 Å². The normalized spacial score (nSPS) is 16.7. The van der Waals surface area contributed by atoms with Gasteiger partial charge in [-0.3, -0.25) is 9.59 Å². The van der Waals surface area contributed by atoms with Gasteiger partial charge in [-0.15, -0.1) is 0 Å². The lowest BCUT2D eigenvalue weighted by Gasteiger charge is -2.25. The van der Waals surface area contributed by atoms with Crippen LogP contribution in [0.2, 0.25) is 0 Å². The van der Waals surface area contributed by atoms with Crippen molar-refractivity contribution in [2.24, 2.45) is 0 Å². The van der Waals surface area contributed by atoms with E-state index in [-0.39, 0.29) is 29.9 Å². The maximum Gasteiger partial charge on any atom is 0.232 e. The minimum absolute atomic E-state index is 0.00869. The van der Waals surface area contributed by atoms with Crippen molar-refractivity contribution < 1.29 is 14.3 Å². The van der Waals surface area contributed by atoms with Gasteiger partial charge in [0.05, 0.1) is 29.5 Å². The van der Waals surface area contributed by atoms with Crippen molar-refractivity contribution in [1.29, 1.82) is 5.26 Å². The maximum absolute atomic E-state index is 12.2. The first-order valence-electron chi connectivity index (χ1n) is 8.52. The number of hydrogen-bond donors (Lipinski definition) is 1. The van der Waals surface area contributed by atoms with E-state index < -0.39 is 0 Å². The lowest BCUT2D eigenvalue weighted by molar-refractivity contribution is -0.128. The molecule has 0 saturated carbocycles. The van der Waals surface area contributed by atoms with Gasteiger partial charge in [-0.1, -0.05) is 23.9 Å². The number of carbonyl (C=O) groups is 2. The number of nitrogens with zero attached hydrogens (tertiary/aromatic N) is 2. The zero-order valence-electron chi connectivity index (χ0n) is 15.2. The standard InChI is InChI=1S/C19H23N3O3S/c1-4-22(5-2)18(24)12-26-19-16(11-20)15(10-17(23)21-19)13-6-8-14(25-3)9-7-13/h6-9,15H,4-5,10,12H2,1-3H3,(H,21,23)/t15-/m0/s1. The van der Waals surface area contributed by atoms with Crippen molar-refractivity contribution in [3.8, 4) is 11.8 Å². The van der Waals surface area contributed by atoms with Gasteiger partial charge >= 0.3 is 0 Å². The average molecular weight is 373 g/mol. The zero-order valence-corrected chi connectivity index (χ0v) is 16.1. The van der Waals surface area contributed by atoms with Gasteiger partial charge in [-0.2, -0.15) is 5.26 Å². The number of methoxy groups -OCH3 is 1. The smallest absolute Gasteiger partial charge is 0.232 e. The summed E-state index contributed by atoms with van der Waals surface area (Å²) in [7, 11) is 1.59. The Kier molecular flexibility index (Phi) is 7.10. The summed E-state index contributed by atoms with van der Waals surface area (Å²) in [5.74, 6) is 0.437. The van der Waals surface area contributed by atoms with Gasteiger partial charge in [-0.05, 0) is 31.5 Å². The van der Waals surface area contributed by atoms with Crippen LogP contribution in [0.4, 0.5) is 0 Å². The molecule has 0 fully saturated rings. The summed E-state index contributed by atoms with van der Waals surface area (Å²) in [4.78, 5) is 26.1. The van der Waals surface area contributed by atoms with Crippen molar-refractivity contribution in [3.63, 3.8) is 0 Å². The second kappa shape index (κ2) is 9.30. The summed E-state index contributed by atoms with van der Waals surface area (Å²) in [6.07, 6.45) is 0.212. The van der Waals surface area contributed by atoms with Gasteiger partial charge in [0.2, 0.25) is 11.8 Å². The summed E-state index contributed by atoms with van der Waals surface area (Å²) >= 11 is 1.22. The fraction of sp³-hybridized carbons (Fsp3) is 0.421. The fourth-order valence-electron chi connectivity index (χ4n) is 2.86. The molecule has 2 rings (SSSR count). The maximum atomic E-state index is 12.2. The first-order valence-corrected chi connectivity index (χ1v) is 9.51. The number of ether oxygens (including phenoxy) is 1. The molecule has 7 heteroatoms. The number of allylic oxidation sites excluding steroid dienone is 1. The van der Waals surface area contributed by atoms with Crippen LogP contribution in [0.5, 0.6) is 5.75 Å².